The van der Waals surface area contributed by atoms with Crippen molar-refractivity contribution >= 4 is 17.7 Å². The molecule has 0 saturated heterocycles. The van der Waals surface area contributed by atoms with E-state index in [1.807, 2.05) is 6.08 Å². The first kappa shape index (κ1) is 26.2. The third-order valence-electron chi connectivity index (χ3n) is 7.30. The maximum absolute atomic E-state index is 13.5. The molecule has 1 aromatic carbocycles. The highest BCUT2D eigenvalue weighted by molar-refractivity contribution is 6.32. The molecular weight excluding hydrogens is 466 g/mol. The molecule has 1 atom stereocenters. The van der Waals surface area contributed by atoms with Gasteiger partial charge in [-0.2, -0.15) is 22.0 Å². The largest absolute Gasteiger partial charge is 0.439 e. The molecule has 0 aromatic heterocycles. The second-order valence-corrected chi connectivity index (χ2v) is 9.89. The van der Waals surface area contributed by atoms with E-state index < -0.39 is 24.2 Å². The van der Waals surface area contributed by atoms with E-state index in [0.29, 0.717) is 11.5 Å². The van der Waals surface area contributed by atoms with Crippen LogP contribution in [0, 0.1) is 23.7 Å². The molecule has 1 nitrogen and oxygen atoms in total. The van der Waals surface area contributed by atoms with E-state index in [1.165, 1.54) is 57.1 Å². The lowest BCUT2D eigenvalue weighted by Crippen LogP contribution is -2.45. The molecule has 8 heteroatoms. The number of allylic oxidation sites excluding steroid dienone is 1. The molecule has 0 aliphatic heterocycles. The first-order valence-electron chi connectivity index (χ1n) is 11.7. The van der Waals surface area contributed by atoms with Crippen molar-refractivity contribution in [2.75, 3.05) is 0 Å². The molecule has 1 aromatic rings. The summed E-state index contributed by atoms with van der Waals surface area (Å²) in [5.41, 5.74) is 0.614. The van der Waals surface area contributed by atoms with Crippen LogP contribution in [0.3, 0.4) is 0 Å². The second kappa shape index (κ2) is 10.9. The lowest BCUT2D eigenvalue weighted by atomic mass is 9.69. The van der Waals surface area contributed by atoms with Gasteiger partial charge in [0.2, 0.25) is 0 Å². The van der Waals surface area contributed by atoms with E-state index in [9.17, 15) is 26.3 Å². The molecule has 0 N–H and O–H groups in total. The summed E-state index contributed by atoms with van der Waals surface area (Å²) in [5.74, 6) is 2.27. The maximum atomic E-state index is 13.5. The van der Waals surface area contributed by atoms with Gasteiger partial charge in [0, 0.05) is 0 Å². The fourth-order valence-electron chi connectivity index (χ4n) is 5.22. The van der Waals surface area contributed by atoms with Gasteiger partial charge in [0.15, 0.2) is 0 Å². The van der Waals surface area contributed by atoms with Crippen LogP contribution >= 0.6 is 11.6 Å². The molecule has 0 radical (unpaired) electrons. The number of rotatable bonds is 7. The summed E-state index contributed by atoms with van der Waals surface area (Å²) in [6.45, 7) is 2.28. The molecule has 2 saturated carbocycles. The average Bonchev–Trinajstić information content (AvgIpc) is 2.78. The van der Waals surface area contributed by atoms with Crippen molar-refractivity contribution in [1.29, 1.82) is 0 Å². The number of benzene rings is 1. The Labute approximate surface area is 196 Å². The Morgan fingerprint density at radius 2 is 1.55 bits per heavy atom. The monoisotopic (exact) mass is 496 g/mol. The summed E-state index contributed by atoms with van der Waals surface area (Å²) >= 11 is 5.91. The Morgan fingerprint density at radius 3 is 2.06 bits per heavy atom. The zero-order chi connectivity index (χ0) is 24.2. The Hall–Kier alpha value is -1.37. The minimum atomic E-state index is -5.74. The van der Waals surface area contributed by atoms with Gasteiger partial charge in [-0.3, -0.25) is 0 Å². The van der Waals surface area contributed by atoms with Gasteiger partial charge in [0.05, 0.1) is 5.02 Å². The van der Waals surface area contributed by atoms with Gasteiger partial charge in [-0.15, -0.1) is 0 Å². The van der Waals surface area contributed by atoms with Crippen LogP contribution < -0.4 is 4.74 Å². The van der Waals surface area contributed by atoms with Crippen LogP contribution in [0.2, 0.25) is 5.02 Å². The van der Waals surface area contributed by atoms with Crippen LogP contribution in [0.25, 0.3) is 6.08 Å². The molecule has 2 aliphatic carbocycles. The Kier molecular flexibility index (Phi) is 8.68. The van der Waals surface area contributed by atoms with Gasteiger partial charge >= 0.3 is 12.3 Å². The first-order valence-corrected chi connectivity index (χ1v) is 12.1. The average molecular weight is 497 g/mol. The van der Waals surface area contributed by atoms with Crippen molar-refractivity contribution in [3.63, 3.8) is 0 Å². The minimum Gasteiger partial charge on any atom is -0.429 e. The Morgan fingerprint density at radius 1 is 0.970 bits per heavy atom. The van der Waals surface area contributed by atoms with Gasteiger partial charge in [-0.1, -0.05) is 56.0 Å². The van der Waals surface area contributed by atoms with Crippen LogP contribution in [0.15, 0.2) is 24.3 Å². The third-order valence-corrected chi connectivity index (χ3v) is 7.59. The summed E-state index contributed by atoms with van der Waals surface area (Å²) in [6.07, 6.45) is -0.0342. The third kappa shape index (κ3) is 7.06. The number of halogens is 7. The highest BCUT2D eigenvalue weighted by Crippen LogP contribution is 2.42. The van der Waals surface area contributed by atoms with Crippen molar-refractivity contribution < 1.29 is 31.1 Å². The molecule has 0 spiro atoms. The van der Waals surface area contributed by atoms with Crippen molar-refractivity contribution in [3.8, 4) is 5.75 Å². The van der Waals surface area contributed by atoms with Crippen molar-refractivity contribution in [2.24, 2.45) is 23.7 Å². The maximum Gasteiger partial charge on any atom is 0.439 e. The van der Waals surface area contributed by atoms with E-state index >= 15 is 0 Å². The number of hydrogen-bond donors (Lipinski definition) is 0. The summed E-state index contributed by atoms with van der Waals surface area (Å²) in [4.78, 5) is 0. The van der Waals surface area contributed by atoms with Gasteiger partial charge in [-0.25, -0.2) is 4.39 Å². The van der Waals surface area contributed by atoms with Crippen LogP contribution in [0.1, 0.15) is 70.3 Å². The fraction of sp³-hybridized carbons (Fsp3) is 0.680. The lowest BCUT2D eigenvalue weighted by Gasteiger charge is -2.37. The van der Waals surface area contributed by atoms with Crippen molar-refractivity contribution in [1.82, 2.24) is 0 Å². The van der Waals surface area contributed by atoms with Crippen LogP contribution in [-0.2, 0) is 0 Å². The van der Waals surface area contributed by atoms with Crippen LogP contribution in [0.4, 0.5) is 26.3 Å². The zero-order valence-electron chi connectivity index (χ0n) is 18.7. The number of alkyl halides is 6. The molecular formula is C25H31ClF6O. The molecule has 2 fully saturated rings. The highest BCUT2D eigenvalue weighted by atomic mass is 35.5. The van der Waals surface area contributed by atoms with E-state index in [1.54, 1.807) is 0 Å². The molecule has 2 aliphatic rings. The van der Waals surface area contributed by atoms with E-state index in [0.717, 1.165) is 36.7 Å². The van der Waals surface area contributed by atoms with Gasteiger partial charge < -0.3 is 4.74 Å². The summed E-state index contributed by atoms with van der Waals surface area (Å²) in [7, 11) is 0. The standard InChI is InChI=1S/C25H31ClF6O/c1-2-16-5-10-19(11-6-16)20-12-7-17(8-13-20)3-4-18-9-14-22(21(26)15-18)33-25(31,32)23(27)24(28,29)30/h3-4,9,14-17,19-20,23H,2,5-8,10-13H2,1H3. The molecule has 1 unspecified atom stereocenters. The van der Waals surface area contributed by atoms with Gasteiger partial charge in [-0.05, 0) is 79.9 Å². The van der Waals surface area contributed by atoms with Gasteiger partial charge in [0.1, 0.15) is 5.75 Å². The summed E-state index contributed by atoms with van der Waals surface area (Å²) < 4.78 is 80.8. The Bertz CT molecular complexity index is 793. The molecule has 0 bridgehead atoms. The predicted molar refractivity (Wildman–Crippen MR) is 118 cm³/mol. The van der Waals surface area contributed by atoms with E-state index in [-0.39, 0.29) is 5.02 Å². The summed E-state index contributed by atoms with van der Waals surface area (Å²) in [6, 6.07) is 3.76. The van der Waals surface area contributed by atoms with E-state index in [2.05, 4.69) is 17.7 Å². The lowest BCUT2D eigenvalue weighted by molar-refractivity contribution is -0.304. The summed E-state index contributed by atoms with van der Waals surface area (Å²) in [5, 5.41) is -0.308. The van der Waals surface area contributed by atoms with Gasteiger partial charge in [0.25, 0.3) is 6.17 Å². The predicted octanol–water partition coefficient (Wildman–Crippen LogP) is 9.25. The van der Waals surface area contributed by atoms with Crippen molar-refractivity contribution in [2.45, 2.75) is 83.2 Å². The van der Waals surface area contributed by atoms with Crippen molar-refractivity contribution in [3.05, 3.63) is 34.9 Å². The SMILES string of the molecule is CCC1CCC(C2CCC(C=Cc3ccc(OC(F)(F)C(F)C(F)(F)F)c(Cl)c3)CC2)CC1. The number of hydrogen-bond acceptors (Lipinski definition) is 1. The minimum absolute atomic E-state index is 0.308. The number of ether oxygens (including phenoxy) is 1. The topological polar surface area (TPSA) is 9.23 Å². The molecule has 186 valence electrons. The zero-order valence-corrected chi connectivity index (χ0v) is 19.4. The quantitative estimate of drug-likeness (QED) is 0.342. The first-order chi connectivity index (χ1) is 15.5. The van der Waals surface area contributed by atoms with Crippen LogP contribution in [-0.4, -0.2) is 18.5 Å². The van der Waals surface area contributed by atoms with E-state index in [4.69, 9.17) is 11.6 Å². The molecule has 0 amide bonds. The highest BCUT2D eigenvalue weighted by Gasteiger charge is 2.59. The molecule has 0 heterocycles. The fourth-order valence-corrected chi connectivity index (χ4v) is 5.44. The smallest absolute Gasteiger partial charge is 0.429 e. The normalized spacial score (nSPS) is 28.1. The second-order valence-electron chi connectivity index (χ2n) is 9.48. The molecule has 3 rings (SSSR count). The van der Waals surface area contributed by atoms with Crippen LogP contribution in [0.5, 0.6) is 5.75 Å². The molecule has 33 heavy (non-hydrogen) atoms. The Balaban J connectivity index is 1.52.